The van der Waals surface area contributed by atoms with Gasteiger partial charge in [0.1, 0.15) is 6.04 Å². The monoisotopic (exact) mass is 431 g/mol. The molecule has 2 heterocycles. The molecule has 0 aliphatic carbocycles. The highest BCUT2D eigenvalue weighted by Crippen LogP contribution is 2.22. The molecule has 1 atom stereocenters. The van der Waals surface area contributed by atoms with Crippen LogP contribution in [0.2, 0.25) is 0 Å². The van der Waals surface area contributed by atoms with E-state index in [2.05, 4.69) is 37.5 Å². The molecule has 0 bridgehead atoms. The minimum absolute atomic E-state index is 0.253. The van der Waals surface area contributed by atoms with Crippen molar-refractivity contribution in [1.29, 1.82) is 0 Å². The van der Waals surface area contributed by atoms with Gasteiger partial charge in [0.25, 0.3) is 5.91 Å². The van der Waals surface area contributed by atoms with Crippen LogP contribution in [-0.2, 0) is 11.3 Å². The molecule has 1 amide bonds. The maximum atomic E-state index is 12.4. The first-order valence-electron chi connectivity index (χ1n) is 8.20. The number of hydrogen-bond acceptors (Lipinski definition) is 4. The second-order valence-corrected chi connectivity index (χ2v) is 7.04. The van der Waals surface area contributed by atoms with Crippen LogP contribution in [0.15, 0.2) is 47.3 Å². The molecule has 0 saturated carbocycles. The predicted octanol–water partition coefficient (Wildman–Crippen LogP) is 3.10. The molecule has 8 nitrogen and oxygen atoms in total. The van der Waals surface area contributed by atoms with Crippen LogP contribution >= 0.6 is 15.9 Å². The molecule has 1 unspecified atom stereocenters. The minimum Gasteiger partial charge on any atom is -0.480 e. The average Bonchev–Trinajstić information content (AvgIpc) is 3.22. The SMILES string of the molecule is Cc1cccc(Cn2cc(Br)c(NC(=O)c3cnn(C(C)C(=O)O)c3)n2)c1. The van der Waals surface area contributed by atoms with Crippen molar-refractivity contribution in [1.82, 2.24) is 19.6 Å². The lowest BCUT2D eigenvalue weighted by molar-refractivity contribution is -0.140. The van der Waals surface area contributed by atoms with E-state index in [9.17, 15) is 9.59 Å². The molecule has 0 aliphatic heterocycles. The number of aromatic nitrogens is 4. The molecule has 3 aromatic rings. The number of rotatable bonds is 6. The van der Waals surface area contributed by atoms with Gasteiger partial charge in [-0.2, -0.15) is 10.2 Å². The Kier molecular flexibility index (Phi) is 5.41. The number of benzene rings is 1. The van der Waals surface area contributed by atoms with Crippen LogP contribution in [0.5, 0.6) is 0 Å². The van der Waals surface area contributed by atoms with E-state index in [-0.39, 0.29) is 5.56 Å². The molecule has 0 radical (unpaired) electrons. The van der Waals surface area contributed by atoms with Crippen molar-refractivity contribution in [2.24, 2.45) is 0 Å². The zero-order chi connectivity index (χ0) is 19.6. The van der Waals surface area contributed by atoms with E-state index in [4.69, 9.17) is 5.11 Å². The van der Waals surface area contributed by atoms with Crippen molar-refractivity contribution in [3.8, 4) is 0 Å². The fourth-order valence-electron chi connectivity index (χ4n) is 2.52. The number of carbonyl (C=O) groups is 2. The van der Waals surface area contributed by atoms with Gasteiger partial charge in [-0.1, -0.05) is 29.8 Å². The van der Waals surface area contributed by atoms with Gasteiger partial charge in [-0.25, -0.2) is 4.79 Å². The summed E-state index contributed by atoms with van der Waals surface area (Å²) in [7, 11) is 0. The van der Waals surface area contributed by atoms with Gasteiger partial charge in [0.2, 0.25) is 0 Å². The number of halogens is 1. The van der Waals surface area contributed by atoms with Crippen molar-refractivity contribution in [2.75, 3.05) is 5.32 Å². The number of aliphatic carboxylic acids is 1. The quantitative estimate of drug-likeness (QED) is 0.624. The summed E-state index contributed by atoms with van der Waals surface area (Å²) in [5, 5.41) is 20.0. The van der Waals surface area contributed by atoms with Crippen LogP contribution in [-0.4, -0.2) is 36.5 Å². The third-order valence-electron chi connectivity index (χ3n) is 3.99. The number of nitrogens with one attached hydrogen (secondary N) is 1. The van der Waals surface area contributed by atoms with E-state index in [1.165, 1.54) is 29.6 Å². The fourth-order valence-corrected chi connectivity index (χ4v) is 2.94. The van der Waals surface area contributed by atoms with E-state index in [1.54, 1.807) is 10.9 Å². The molecule has 0 aliphatic rings. The summed E-state index contributed by atoms with van der Waals surface area (Å²) in [6, 6.07) is 7.25. The highest BCUT2D eigenvalue weighted by atomic mass is 79.9. The van der Waals surface area contributed by atoms with Gasteiger partial charge < -0.3 is 10.4 Å². The predicted molar refractivity (Wildman–Crippen MR) is 103 cm³/mol. The standard InChI is InChI=1S/C18H18BrN5O3/c1-11-4-3-5-13(6-11)8-23-10-15(19)16(22-23)21-17(25)14-7-20-24(9-14)12(2)18(26)27/h3-7,9-10,12H,8H2,1-2H3,(H,26,27)(H,21,22,25). The van der Waals surface area contributed by atoms with Crippen LogP contribution in [0.3, 0.4) is 0 Å². The third kappa shape index (κ3) is 4.43. The van der Waals surface area contributed by atoms with Crippen LogP contribution in [0.25, 0.3) is 0 Å². The van der Waals surface area contributed by atoms with Gasteiger partial charge in [0, 0.05) is 12.4 Å². The van der Waals surface area contributed by atoms with Crippen LogP contribution in [0, 0.1) is 6.92 Å². The Labute approximate surface area is 163 Å². The van der Waals surface area contributed by atoms with Crippen molar-refractivity contribution in [2.45, 2.75) is 26.4 Å². The van der Waals surface area contributed by atoms with Crippen molar-refractivity contribution in [3.63, 3.8) is 0 Å². The summed E-state index contributed by atoms with van der Waals surface area (Å²) < 4.78 is 3.60. The normalized spacial score (nSPS) is 12.0. The Morgan fingerprint density at radius 3 is 2.81 bits per heavy atom. The van der Waals surface area contributed by atoms with E-state index in [0.29, 0.717) is 16.8 Å². The molecule has 0 fully saturated rings. The maximum Gasteiger partial charge on any atom is 0.328 e. The second kappa shape index (κ2) is 7.75. The number of nitrogens with zero attached hydrogens (tertiary/aromatic N) is 4. The molecule has 3 rings (SSSR count). The molecular formula is C18H18BrN5O3. The zero-order valence-electron chi connectivity index (χ0n) is 14.8. The molecule has 2 N–H and O–H groups in total. The Morgan fingerprint density at radius 1 is 1.33 bits per heavy atom. The minimum atomic E-state index is -1.03. The molecule has 1 aromatic carbocycles. The molecule has 27 heavy (non-hydrogen) atoms. The lowest BCUT2D eigenvalue weighted by Gasteiger charge is -2.05. The van der Waals surface area contributed by atoms with Gasteiger partial charge in [-0.3, -0.25) is 14.2 Å². The van der Waals surface area contributed by atoms with E-state index in [1.807, 2.05) is 25.1 Å². The topological polar surface area (TPSA) is 102 Å². The van der Waals surface area contributed by atoms with E-state index < -0.39 is 17.9 Å². The summed E-state index contributed by atoms with van der Waals surface area (Å²) in [5.41, 5.74) is 2.52. The number of carboxylic acid groups (broad SMARTS) is 1. The number of aryl methyl sites for hydroxylation is 1. The van der Waals surface area contributed by atoms with Gasteiger partial charge in [-0.05, 0) is 35.3 Å². The second-order valence-electron chi connectivity index (χ2n) is 6.19. The molecule has 140 valence electrons. The zero-order valence-corrected chi connectivity index (χ0v) is 16.3. The van der Waals surface area contributed by atoms with E-state index in [0.717, 1.165) is 5.56 Å². The Morgan fingerprint density at radius 2 is 2.11 bits per heavy atom. The highest BCUT2D eigenvalue weighted by molar-refractivity contribution is 9.10. The van der Waals surface area contributed by atoms with Crippen molar-refractivity contribution >= 4 is 33.6 Å². The first-order chi connectivity index (χ1) is 12.8. The van der Waals surface area contributed by atoms with Gasteiger partial charge >= 0.3 is 5.97 Å². The largest absolute Gasteiger partial charge is 0.480 e. The van der Waals surface area contributed by atoms with Crippen molar-refractivity contribution in [3.05, 3.63) is 64.0 Å². The van der Waals surface area contributed by atoms with Crippen LogP contribution in [0.4, 0.5) is 5.82 Å². The van der Waals surface area contributed by atoms with Crippen molar-refractivity contribution < 1.29 is 14.7 Å². The highest BCUT2D eigenvalue weighted by Gasteiger charge is 2.18. The summed E-state index contributed by atoms with van der Waals surface area (Å²) in [6.07, 6.45) is 4.51. The number of carbonyl (C=O) groups excluding carboxylic acids is 1. The number of anilines is 1. The Bertz CT molecular complexity index is 995. The van der Waals surface area contributed by atoms with Gasteiger partial charge in [-0.15, -0.1) is 0 Å². The molecule has 0 spiro atoms. The van der Waals surface area contributed by atoms with Crippen LogP contribution < -0.4 is 5.32 Å². The molecular weight excluding hydrogens is 414 g/mol. The lowest BCUT2D eigenvalue weighted by Crippen LogP contribution is -2.16. The Balaban J connectivity index is 1.71. The number of carboxylic acids is 1. The summed E-state index contributed by atoms with van der Waals surface area (Å²) in [4.78, 5) is 23.4. The molecule has 0 saturated heterocycles. The summed E-state index contributed by atoms with van der Waals surface area (Å²) >= 11 is 3.40. The van der Waals surface area contributed by atoms with Gasteiger partial charge in [0.05, 0.1) is 22.8 Å². The number of amides is 1. The first-order valence-corrected chi connectivity index (χ1v) is 8.99. The maximum absolute atomic E-state index is 12.4. The smallest absolute Gasteiger partial charge is 0.328 e. The van der Waals surface area contributed by atoms with Crippen LogP contribution in [0.1, 0.15) is 34.5 Å². The first kappa shape index (κ1) is 18.8. The third-order valence-corrected chi connectivity index (χ3v) is 4.57. The van der Waals surface area contributed by atoms with E-state index >= 15 is 0 Å². The number of hydrogen-bond donors (Lipinski definition) is 2. The molecule has 2 aromatic heterocycles. The summed E-state index contributed by atoms with van der Waals surface area (Å²) in [5.74, 6) is -1.06. The molecule has 9 heteroatoms. The fraction of sp³-hybridized carbons (Fsp3) is 0.222. The Hall–Kier alpha value is -2.94. The van der Waals surface area contributed by atoms with Gasteiger partial charge in [0.15, 0.2) is 5.82 Å². The average molecular weight is 432 g/mol. The summed E-state index contributed by atoms with van der Waals surface area (Å²) in [6.45, 7) is 4.09. The lowest BCUT2D eigenvalue weighted by atomic mass is 10.1.